The van der Waals surface area contributed by atoms with Crippen molar-refractivity contribution in [3.8, 4) is 0 Å². The highest BCUT2D eigenvalue weighted by Gasteiger charge is 2.47. The zero-order valence-corrected chi connectivity index (χ0v) is 19.1. The number of carboxylic acid groups (broad SMARTS) is 1. The van der Waals surface area contributed by atoms with Gasteiger partial charge in [0, 0.05) is 44.0 Å². The molecule has 1 aromatic heterocycles. The third-order valence-electron chi connectivity index (χ3n) is 6.94. The van der Waals surface area contributed by atoms with Gasteiger partial charge in [0.25, 0.3) is 0 Å². The Hall–Kier alpha value is -2.43. The summed E-state index contributed by atoms with van der Waals surface area (Å²) in [4.78, 5) is 37.5. The fourth-order valence-corrected chi connectivity index (χ4v) is 4.86. The third-order valence-corrected chi connectivity index (χ3v) is 6.94. The molecule has 0 bridgehead atoms. The maximum Gasteiger partial charge on any atom is 0.490 e. The predicted octanol–water partition coefficient (Wildman–Crippen LogP) is 2.72. The minimum absolute atomic E-state index is 0.0849. The number of likely N-dealkylation sites (tertiary alicyclic amines) is 2. The van der Waals surface area contributed by atoms with Gasteiger partial charge in [0.2, 0.25) is 11.9 Å². The smallest absolute Gasteiger partial charge is 0.475 e. The minimum atomic E-state index is -5.08. The van der Waals surface area contributed by atoms with Gasteiger partial charge < -0.3 is 19.8 Å². The highest BCUT2D eigenvalue weighted by molar-refractivity contribution is 5.80. The Balaban J connectivity index is 0.000000383. The van der Waals surface area contributed by atoms with Gasteiger partial charge >= 0.3 is 12.1 Å². The number of aromatic nitrogens is 2. The number of nitrogens with zero attached hydrogens (tertiary/aromatic N) is 5. The molecule has 11 heteroatoms. The standard InChI is InChI=1S/C20H31N5O.C2HF3O2/c1-16-13-21-19(22-14-16)24-11-7-20(8-12-24)6-3-18(26)25(20)15-17-4-9-23(2)10-5-17;3-2(4,5)1(6)7/h13-14,17H,3-12,15H2,1-2H3;(H,6,7). The summed E-state index contributed by atoms with van der Waals surface area (Å²) in [5, 5.41) is 7.12. The fraction of sp³-hybridized carbons (Fsp3) is 0.727. The van der Waals surface area contributed by atoms with Crippen LogP contribution in [-0.4, -0.2) is 88.2 Å². The van der Waals surface area contributed by atoms with Crippen molar-refractivity contribution < 1.29 is 27.9 Å². The Morgan fingerprint density at radius 1 is 1.12 bits per heavy atom. The average molecular weight is 472 g/mol. The molecule has 0 atom stereocenters. The Bertz CT molecular complexity index is 818. The molecular weight excluding hydrogens is 439 g/mol. The topological polar surface area (TPSA) is 89.9 Å². The van der Waals surface area contributed by atoms with E-state index in [4.69, 9.17) is 9.90 Å². The van der Waals surface area contributed by atoms with Crippen molar-refractivity contribution >= 4 is 17.8 Å². The number of anilines is 1. The molecule has 0 unspecified atom stereocenters. The predicted molar refractivity (Wildman–Crippen MR) is 116 cm³/mol. The Morgan fingerprint density at radius 3 is 2.18 bits per heavy atom. The number of carbonyl (C=O) groups is 2. The van der Waals surface area contributed by atoms with Crippen molar-refractivity contribution in [3.05, 3.63) is 18.0 Å². The molecule has 1 N–H and O–H groups in total. The molecule has 0 aromatic carbocycles. The molecule has 4 rings (SSSR count). The number of aryl methyl sites for hydroxylation is 1. The summed E-state index contributed by atoms with van der Waals surface area (Å²) in [5.41, 5.74) is 1.18. The van der Waals surface area contributed by atoms with Crippen LogP contribution in [0.15, 0.2) is 12.4 Å². The van der Waals surface area contributed by atoms with Crippen molar-refractivity contribution in [2.45, 2.75) is 57.2 Å². The average Bonchev–Trinajstić information content (AvgIpc) is 3.06. The Kier molecular flexibility index (Phi) is 7.81. The van der Waals surface area contributed by atoms with E-state index in [2.05, 4.69) is 31.7 Å². The minimum Gasteiger partial charge on any atom is -0.475 e. The quantitative estimate of drug-likeness (QED) is 0.725. The second kappa shape index (κ2) is 10.2. The van der Waals surface area contributed by atoms with Crippen molar-refractivity contribution in [2.75, 3.05) is 44.7 Å². The van der Waals surface area contributed by atoms with E-state index in [1.54, 1.807) is 0 Å². The lowest BCUT2D eigenvalue weighted by Crippen LogP contribution is -2.55. The molecule has 3 aliphatic rings. The van der Waals surface area contributed by atoms with E-state index in [1.165, 1.54) is 12.8 Å². The second-order valence-corrected chi connectivity index (χ2v) is 9.33. The van der Waals surface area contributed by atoms with E-state index in [1.807, 2.05) is 19.3 Å². The number of rotatable bonds is 3. The molecule has 3 fully saturated rings. The van der Waals surface area contributed by atoms with Gasteiger partial charge in [-0.25, -0.2) is 14.8 Å². The van der Waals surface area contributed by atoms with Gasteiger partial charge in [-0.1, -0.05) is 0 Å². The monoisotopic (exact) mass is 471 g/mol. The number of piperidine rings is 2. The van der Waals surface area contributed by atoms with Crippen LogP contribution >= 0.6 is 0 Å². The first-order chi connectivity index (χ1) is 15.5. The number of hydrogen-bond donors (Lipinski definition) is 1. The van der Waals surface area contributed by atoms with E-state index >= 15 is 0 Å². The SMILES string of the molecule is Cc1cnc(N2CCC3(CCC(=O)N3CC3CCN(C)CC3)CC2)nc1.O=C(O)C(F)(F)F. The van der Waals surface area contributed by atoms with Crippen molar-refractivity contribution in [1.29, 1.82) is 0 Å². The van der Waals surface area contributed by atoms with Crippen molar-refractivity contribution in [3.63, 3.8) is 0 Å². The van der Waals surface area contributed by atoms with Crippen LogP contribution in [0.25, 0.3) is 0 Å². The van der Waals surface area contributed by atoms with Gasteiger partial charge in [0.1, 0.15) is 0 Å². The van der Waals surface area contributed by atoms with Crippen LogP contribution in [0.1, 0.15) is 44.1 Å². The first-order valence-electron chi connectivity index (χ1n) is 11.3. The number of carboxylic acids is 1. The number of aliphatic carboxylic acids is 1. The van der Waals surface area contributed by atoms with Crippen molar-refractivity contribution in [2.24, 2.45) is 5.92 Å². The first-order valence-corrected chi connectivity index (χ1v) is 11.3. The molecule has 0 saturated carbocycles. The van der Waals surface area contributed by atoms with Gasteiger partial charge in [-0.05, 0) is 70.6 Å². The van der Waals surface area contributed by atoms with E-state index in [0.29, 0.717) is 11.8 Å². The molecule has 184 valence electrons. The molecule has 1 spiro atoms. The van der Waals surface area contributed by atoms with E-state index in [0.717, 1.165) is 69.9 Å². The maximum atomic E-state index is 12.7. The number of carbonyl (C=O) groups excluding carboxylic acids is 1. The third kappa shape index (κ3) is 6.33. The van der Waals surface area contributed by atoms with Crippen LogP contribution in [0, 0.1) is 12.8 Å². The molecule has 0 aliphatic carbocycles. The highest BCUT2D eigenvalue weighted by atomic mass is 19.4. The summed E-state index contributed by atoms with van der Waals surface area (Å²) in [5.74, 6) is -0.878. The van der Waals surface area contributed by atoms with Crippen LogP contribution in [0.3, 0.4) is 0 Å². The molecule has 1 aromatic rings. The van der Waals surface area contributed by atoms with Crippen molar-refractivity contribution in [1.82, 2.24) is 19.8 Å². The maximum absolute atomic E-state index is 12.7. The van der Waals surface area contributed by atoms with Gasteiger partial charge in [-0.3, -0.25) is 4.79 Å². The van der Waals surface area contributed by atoms with Gasteiger partial charge in [0.05, 0.1) is 0 Å². The zero-order chi connectivity index (χ0) is 24.2. The molecular formula is C22H32F3N5O3. The Labute approximate surface area is 191 Å². The summed E-state index contributed by atoms with van der Waals surface area (Å²) in [6.45, 7) is 7.20. The lowest BCUT2D eigenvalue weighted by Gasteiger charge is -2.46. The second-order valence-electron chi connectivity index (χ2n) is 9.33. The largest absolute Gasteiger partial charge is 0.490 e. The van der Waals surface area contributed by atoms with Crippen LogP contribution in [0.2, 0.25) is 0 Å². The van der Waals surface area contributed by atoms with Gasteiger partial charge in [-0.15, -0.1) is 0 Å². The first kappa shape index (κ1) is 25.2. The number of amides is 1. The van der Waals surface area contributed by atoms with Gasteiger partial charge in [0.15, 0.2) is 0 Å². The molecule has 1 amide bonds. The van der Waals surface area contributed by atoms with Crippen LogP contribution in [0.4, 0.5) is 19.1 Å². The number of hydrogen-bond acceptors (Lipinski definition) is 6. The molecule has 33 heavy (non-hydrogen) atoms. The fourth-order valence-electron chi connectivity index (χ4n) is 4.86. The van der Waals surface area contributed by atoms with Gasteiger partial charge in [-0.2, -0.15) is 13.2 Å². The molecule has 4 heterocycles. The normalized spacial score (nSPS) is 21.8. The van der Waals surface area contributed by atoms with Crippen LogP contribution in [0.5, 0.6) is 0 Å². The summed E-state index contributed by atoms with van der Waals surface area (Å²) in [6.07, 6.45) is 4.98. The molecule has 8 nitrogen and oxygen atoms in total. The summed E-state index contributed by atoms with van der Waals surface area (Å²) in [7, 11) is 2.20. The lowest BCUT2D eigenvalue weighted by molar-refractivity contribution is -0.192. The molecule has 3 saturated heterocycles. The summed E-state index contributed by atoms with van der Waals surface area (Å²) in [6, 6.07) is 0. The summed E-state index contributed by atoms with van der Waals surface area (Å²) >= 11 is 0. The van der Waals surface area contributed by atoms with E-state index in [9.17, 15) is 18.0 Å². The van der Waals surface area contributed by atoms with Crippen LogP contribution in [-0.2, 0) is 9.59 Å². The van der Waals surface area contributed by atoms with E-state index < -0.39 is 12.1 Å². The van der Waals surface area contributed by atoms with Crippen LogP contribution < -0.4 is 4.90 Å². The highest BCUT2D eigenvalue weighted by Crippen LogP contribution is 2.40. The molecule has 3 aliphatic heterocycles. The summed E-state index contributed by atoms with van der Waals surface area (Å²) < 4.78 is 31.7. The lowest BCUT2D eigenvalue weighted by atomic mass is 9.84. The zero-order valence-electron chi connectivity index (χ0n) is 19.1. The Morgan fingerprint density at radius 2 is 1.67 bits per heavy atom. The molecule has 0 radical (unpaired) electrons. The number of alkyl halides is 3. The van der Waals surface area contributed by atoms with E-state index in [-0.39, 0.29) is 5.54 Å². The number of halogens is 3.